The number of hydrogen-bond donors (Lipinski definition) is 3. The highest BCUT2D eigenvalue weighted by molar-refractivity contribution is 6.00. The van der Waals surface area contributed by atoms with Crippen molar-refractivity contribution in [3.63, 3.8) is 0 Å². The Balaban J connectivity index is 3.02. The lowest BCUT2D eigenvalue weighted by Crippen LogP contribution is -2.55. The van der Waals surface area contributed by atoms with Gasteiger partial charge in [-0.3, -0.25) is 4.79 Å². The predicted molar refractivity (Wildman–Crippen MR) is 70.7 cm³/mol. The standard InChI is InChI=1S/C13H18FN3O2/c1-4-13(3,12(15)17-19)16-11(18)9-6-5-8(2)7-10(9)14/h5-7,19H,4H2,1-3H3,(H2,15,17)(H,16,18). The predicted octanol–water partition coefficient (Wildman–Crippen LogP) is 1.78. The van der Waals surface area contributed by atoms with Crippen LogP contribution < -0.4 is 11.1 Å². The van der Waals surface area contributed by atoms with E-state index in [1.54, 1.807) is 26.8 Å². The van der Waals surface area contributed by atoms with E-state index in [0.717, 1.165) is 5.56 Å². The Labute approximate surface area is 111 Å². The van der Waals surface area contributed by atoms with Crippen LogP contribution in [0.5, 0.6) is 0 Å². The molecule has 0 aliphatic rings. The van der Waals surface area contributed by atoms with E-state index in [1.165, 1.54) is 12.1 Å². The van der Waals surface area contributed by atoms with Gasteiger partial charge in [-0.15, -0.1) is 0 Å². The fraction of sp³-hybridized carbons (Fsp3) is 0.385. The zero-order valence-corrected chi connectivity index (χ0v) is 11.2. The van der Waals surface area contributed by atoms with Crippen molar-refractivity contribution in [1.82, 2.24) is 5.32 Å². The van der Waals surface area contributed by atoms with Crippen molar-refractivity contribution in [2.45, 2.75) is 32.7 Å². The maximum absolute atomic E-state index is 13.7. The molecule has 5 nitrogen and oxygen atoms in total. The number of benzene rings is 1. The van der Waals surface area contributed by atoms with Crippen LogP contribution in [0.25, 0.3) is 0 Å². The highest BCUT2D eigenvalue weighted by Gasteiger charge is 2.30. The van der Waals surface area contributed by atoms with E-state index >= 15 is 0 Å². The van der Waals surface area contributed by atoms with Gasteiger partial charge in [0.25, 0.3) is 5.91 Å². The average Bonchev–Trinajstić information content (AvgIpc) is 2.37. The highest BCUT2D eigenvalue weighted by atomic mass is 19.1. The molecular formula is C13H18FN3O2. The number of nitrogens with two attached hydrogens (primary N) is 1. The maximum Gasteiger partial charge on any atom is 0.255 e. The third-order valence-electron chi connectivity index (χ3n) is 3.14. The molecule has 0 spiro atoms. The number of carbonyl (C=O) groups is 1. The van der Waals surface area contributed by atoms with Crippen molar-refractivity contribution >= 4 is 11.7 Å². The van der Waals surface area contributed by atoms with Gasteiger partial charge in [-0.2, -0.15) is 0 Å². The molecule has 1 rings (SSSR count). The molecule has 19 heavy (non-hydrogen) atoms. The molecule has 0 fully saturated rings. The average molecular weight is 267 g/mol. The molecular weight excluding hydrogens is 249 g/mol. The number of rotatable bonds is 4. The SMILES string of the molecule is CCC(C)(NC(=O)c1ccc(C)cc1F)C(N)=NO. The summed E-state index contributed by atoms with van der Waals surface area (Å²) >= 11 is 0. The van der Waals surface area contributed by atoms with E-state index in [1.807, 2.05) is 0 Å². The van der Waals surface area contributed by atoms with Gasteiger partial charge in [0.15, 0.2) is 5.84 Å². The van der Waals surface area contributed by atoms with Gasteiger partial charge < -0.3 is 16.3 Å². The molecule has 0 heterocycles. The first kappa shape index (κ1) is 14.9. The number of amidine groups is 1. The molecule has 0 radical (unpaired) electrons. The number of oxime groups is 1. The second-order valence-electron chi connectivity index (χ2n) is 4.61. The zero-order chi connectivity index (χ0) is 14.6. The quantitative estimate of drug-likeness (QED) is 0.336. The first-order valence-corrected chi connectivity index (χ1v) is 5.90. The smallest absolute Gasteiger partial charge is 0.255 e. The first-order chi connectivity index (χ1) is 8.84. The van der Waals surface area contributed by atoms with Crippen molar-refractivity contribution < 1.29 is 14.4 Å². The first-order valence-electron chi connectivity index (χ1n) is 5.90. The second kappa shape index (κ2) is 5.69. The molecule has 0 saturated heterocycles. The van der Waals surface area contributed by atoms with Crippen molar-refractivity contribution in [3.8, 4) is 0 Å². The monoisotopic (exact) mass is 267 g/mol. The Morgan fingerprint density at radius 2 is 2.21 bits per heavy atom. The number of nitrogens with zero attached hydrogens (tertiary/aromatic N) is 1. The molecule has 1 aromatic rings. The summed E-state index contributed by atoms with van der Waals surface area (Å²) in [5, 5.41) is 14.2. The van der Waals surface area contributed by atoms with Crippen molar-refractivity contribution in [3.05, 3.63) is 35.1 Å². The van der Waals surface area contributed by atoms with Gasteiger partial charge in [-0.1, -0.05) is 18.1 Å². The third-order valence-corrected chi connectivity index (χ3v) is 3.14. The zero-order valence-electron chi connectivity index (χ0n) is 11.2. The Kier molecular flexibility index (Phi) is 4.47. The van der Waals surface area contributed by atoms with Crippen LogP contribution in [0.3, 0.4) is 0 Å². The summed E-state index contributed by atoms with van der Waals surface area (Å²) in [6.45, 7) is 5.10. The topological polar surface area (TPSA) is 87.7 Å². The van der Waals surface area contributed by atoms with Crippen LogP contribution in [-0.2, 0) is 0 Å². The van der Waals surface area contributed by atoms with Crippen LogP contribution in [0.15, 0.2) is 23.4 Å². The summed E-state index contributed by atoms with van der Waals surface area (Å²) in [6.07, 6.45) is 0.405. The molecule has 0 aliphatic heterocycles. The van der Waals surface area contributed by atoms with Gasteiger partial charge in [-0.25, -0.2) is 4.39 Å². The summed E-state index contributed by atoms with van der Waals surface area (Å²) in [4.78, 5) is 12.0. The van der Waals surface area contributed by atoms with Crippen LogP contribution in [0, 0.1) is 12.7 Å². The van der Waals surface area contributed by atoms with E-state index in [-0.39, 0.29) is 11.4 Å². The molecule has 4 N–H and O–H groups in total. The summed E-state index contributed by atoms with van der Waals surface area (Å²) in [6, 6.07) is 4.33. The summed E-state index contributed by atoms with van der Waals surface area (Å²) < 4.78 is 13.7. The van der Waals surface area contributed by atoms with Gasteiger partial charge in [0.05, 0.1) is 11.1 Å². The highest BCUT2D eigenvalue weighted by Crippen LogP contribution is 2.14. The minimum Gasteiger partial charge on any atom is -0.409 e. The Hall–Kier alpha value is -2.11. The fourth-order valence-electron chi connectivity index (χ4n) is 1.57. The minimum atomic E-state index is -1.02. The molecule has 0 bridgehead atoms. The van der Waals surface area contributed by atoms with Crippen molar-refractivity contribution in [2.24, 2.45) is 10.9 Å². The van der Waals surface area contributed by atoms with Gasteiger partial charge in [0, 0.05) is 0 Å². The summed E-state index contributed by atoms with van der Waals surface area (Å²) in [5.74, 6) is -1.33. The molecule has 1 unspecified atom stereocenters. The fourth-order valence-corrected chi connectivity index (χ4v) is 1.57. The molecule has 104 valence electrons. The number of hydrogen-bond acceptors (Lipinski definition) is 3. The van der Waals surface area contributed by atoms with Crippen LogP contribution in [0.1, 0.15) is 36.2 Å². The van der Waals surface area contributed by atoms with E-state index < -0.39 is 17.3 Å². The third kappa shape index (κ3) is 3.21. The molecule has 6 heteroatoms. The molecule has 0 aliphatic carbocycles. The Bertz CT molecular complexity index is 517. The van der Waals surface area contributed by atoms with Crippen molar-refractivity contribution in [2.75, 3.05) is 0 Å². The lowest BCUT2D eigenvalue weighted by atomic mass is 9.96. The number of nitrogens with one attached hydrogen (secondary N) is 1. The van der Waals surface area contributed by atoms with Crippen LogP contribution in [0.4, 0.5) is 4.39 Å². The molecule has 1 atom stereocenters. The lowest BCUT2D eigenvalue weighted by molar-refractivity contribution is 0.0921. The molecule has 1 amide bonds. The normalized spacial score (nSPS) is 14.8. The van der Waals surface area contributed by atoms with E-state index in [2.05, 4.69) is 10.5 Å². The summed E-state index contributed by atoms with van der Waals surface area (Å²) in [5.41, 5.74) is 5.17. The van der Waals surface area contributed by atoms with Crippen LogP contribution in [0.2, 0.25) is 0 Å². The van der Waals surface area contributed by atoms with Crippen molar-refractivity contribution in [1.29, 1.82) is 0 Å². The lowest BCUT2D eigenvalue weighted by Gasteiger charge is -2.28. The minimum absolute atomic E-state index is 0.0731. The van der Waals surface area contributed by atoms with E-state index in [4.69, 9.17) is 10.9 Å². The van der Waals surface area contributed by atoms with Crippen LogP contribution >= 0.6 is 0 Å². The van der Waals surface area contributed by atoms with Gasteiger partial charge in [-0.05, 0) is 38.0 Å². The number of carbonyl (C=O) groups excluding carboxylic acids is 1. The van der Waals surface area contributed by atoms with E-state index in [0.29, 0.717) is 6.42 Å². The molecule has 1 aromatic carbocycles. The largest absolute Gasteiger partial charge is 0.409 e. The van der Waals surface area contributed by atoms with Crippen LogP contribution in [-0.4, -0.2) is 22.5 Å². The van der Waals surface area contributed by atoms with Gasteiger partial charge in [0.2, 0.25) is 0 Å². The number of amides is 1. The number of halogens is 1. The second-order valence-corrected chi connectivity index (χ2v) is 4.61. The Morgan fingerprint density at radius 3 is 2.68 bits per heavy atom. The summed E-state index contributed by atoms with van der Waals surface area (Å²) in [7, 11) is 0. The van der Waals surface area contributed by atoms with Gasteiger partial charge in [0.1, 0.15) is 5.82 Å². The molecule has 0 aromatic heterocycles. The maximum atomic E-state index is 13.7. The van der Waals surface area contributed by atoms with E-state index in [9.17, 15) is 9.18 Å². The number of aryl methyl sites for hydroxylation is 1. The van der Waals surface area contributed by atoms with Gasteiger partial charge >= 0.3 is 0 Å². The Morgan fingerprint density at radius 1 is 1.58 bits per heavy atom. The molecule has 0 saturated carbocycles.